The van der Waals surface area contributed by atoms with Gasteiger partial charge in [0.15, 0.2) is 22.6 Å². The summed E-state index contributed by atoms with van der Waals surface area (Å²) in [4.78, 5) is 12.5. The molecule has 2 amide bonds. The van der Waals surface area contributed by atoms with Crippen LogP contribution in [0.1, 0.15) is 29.9 Å². The number of carbonyl (C=O) groups is 1. The van der Waals surface area contributed by atoms with E-state index in [4.69, 9.17) is 0 Å². The fourth-order valence-electron chi connectivity index (χ4n) is 3.32. The van der Waals surface area contributed by atoms with Crippen molar-refractivity contribution in [3.05, 3.63) is 101 Å². The quantitative estimate of drug-likeness (QED) is 0.318. The highest BCUT2D eigenvalue weighted by Crippen LogP contribution is 2.28. The molecule has 4 rings (SSSR count). The number of nitrogens with one attached hydrogen (secondary N) is 2. The van der Waals surface area contributed by atoms with Crippen molar-refractivity contribution in [1.82, 2.24) is 20.1 Å². The number of carbonyl (C=O) groups excluding carboxylic acids is 1. The first-order chi connectivity index (χ1) is 16.4. The minimum absolute atomic E-state index is 0.141. The molecule has 0 bridgehead atoms. The number of halogens is 2. The summed E-state index contributed by atoms with van der Waals surface area (Å²) < 4.78 is 28.5. The standard InChI is InChI=1S/C25H23F2N5OS/c1-16-8-11-20(12-9-16)32-23(30-31-25(32)34-15-18-6-4-3-5-7-18)17(2)28-24(33)29-19-10-13-21(26)22(27)14-19/h3-14,17H,15H2,1-2H3,(H2,28,29,33). The van der Waals surface area contributed by atoms with Gasteiger partial charge < -0.3 is 10.6 Å². The molecule has 34 heavy (non-hydrogen) atoms. The van der Waals surface area contributed by atoms with Crippen molar-refractivity contribution in [2.75, 3.05) is 5.32 Å². The zero-order chi connectivity index (χ0) is 24.1. The number of hydrogen-bond donors (Lipinski definition) is 2. The molecule has 174 valence electrons. The van der Waals surface area contributed by atoms with E-state index < -0.39 is 23.7 Å². The van der Waals surface area contributed by atoms with Gasteiger partial charge in [0.1, 0.15) is 0 Å². The van der Waals surface area contributed by atoms with Crippen molar-refractivity contribution in [3.8, 4) is 5.69 Å². The number of rotatable bonds is 7. The smallest absolute Gasteiger partial charge is 0.319 e. The molecule has 4 aromatic rings. The number of amides is 2. The van der Waals surface area contributed by atoms with Gasteiger partial charge in [-0.05, 0) is 43.7 Å². The molecule has 0 saturated carbocycles. The highest BCUT2D eigenvalue weighted by Gasteiger charge is 2.21. The lowest BCUT2D eigenvalue weighted by molar-refractivity contribution is 0.248. The number of aryl methyl sites for hydroxylation is 1. The molecule has 0 radical (unpaired) electrons. The minimum Gasteiger partial charge on any atom is -0.328 e. The van der Waals surface area contributed by atoms with E-state index >= 15 is 0 Å². The van der Waals surface area contributed by atoms with Crippen LogP contribution in [-0.2, 0) is 5.75 Å². The van der Waals surface area contributed by atoms with Gasteiger partial charge in [0.05, 0.1) is 6.04 Å². The number of anilines is 1. The first-order valence-corrected chi connectivity index (χ1v) is 11.6. The fourth-order valence-corrected chi connectivity index (χ4v) is 4.23. The van der Waals surface area contributed by atoms with Crippen LogP contribution in [0.2, 0.25) is 0 Å². The van der Waals surface area contributed by atoms with Crippen LogP contribution in [-0.4, -0.2) is 20.8 Å². The number of benzene rings is 3. The van der Waals surface area contributed by atoms with Crippen LogP contribution >= 0.6 is 11.8 Å². The average Bonchev–Trinajstić information content (AvgIpc) is 3.25. The summed E-state index contributed by atoms with van der Waals surface area (Å²) in [5, 5.41) is 14.7. The van der Waals surface area contributed by atoms with Gasteiger partial charge in [-0.1, -0.05) is 59.8 Å². The zero-order valence-electron chi connectivity index (χ0n) is 18.6. The molecule has 1 heterocycles. The Hall–Kier alpha value is -3.72. The van der Waals surface area contributed by atoms with Gasteiger partial charge >= 0.3 is 6.03 Å². The maximum atomic E-state index is 13.5. The number of thioether (sulfide) groups is 1. The van der Waals surface area contributed by atoms with E-state index in [9.17, 15) is 13.6 Å². The molecule has 0 fully saturated rings. The topological polar surface area (TPSA) is 71.8 Å². The number of urea groups is 1. The van der Waals surface area contributed by atoms with Gasteiger partial charge in [0, 0.05) is 23.2 Å². The first-order valence-electron chi connectivity index (χ1n) is 10.6. The average molecular weight is 480 g/mol. The van der Waals surface area contributed by atoms with Gasteiger partial charge in [-0.2, -0.15) is 0 Å². The van der Waals surface area contributed by atoms with Crippen LogP contribution in [0.25, 0.3) is 5.69 Å². The third-order valence-electron chi connectivity index (χ3n) is 5.07. The molecular formula is C25H23F2N5OS. The van der Waals surface area contributed by atoms with Crippen molar-refractivity contribution >= 4 is 23.5 Å². The molecular weight excluding hydrogens is 456 g/mol. The van der Waals surface area contributed by atoms with Crippen molar-refractivity contribution in [2.45, 2.75) is 30.8 Å². The van der Waals surface area contributed by atoms with E-state index in [1.807, 2.05) is 66.1 Å². The summed E-state index contributed by atoms with van der Waals surface area (Å²) in [5.74, 6) is -0.764. The number of hydrogen-bond acceptors (Lipinski definition) is 4. The Morgan fingerprint density at radius 3 is 2.44 bits per heavy atom. The van der Waals surface area contributed by atoms with Gasteiger partial charge in [-0.15, -0.1) is 10.2 Å². The first kappa shape index (κ1) is 23.4. The van der Waals surface area contributed by atoms with Crippen LogP contribution in [0.4, 0.5) is 19.3 Å². The highest BCUT2D eigenvalue weighted by molar-refractivity contribution is 7.98. The second-order valence-corrected chi connectivity index (χ2v) is 8.68. The zero-order valence-corrected chi connectivity index (χ0v) is 19.4. The van der Waals surface area contributed by atoms with E-state index in [-0.39, 0.29) is 5.69 Å². The van der Waals surface area contributed by atoms with E-state index in [1.54, 1.807) is 18.7 Å². The monoisotopic (exact) mass is 479 g/mol. The molecule has 0 spiro atoms. The Morgan fingerprint density at radius 1 is 1.00 bits per heavy atom. The molecule has 9 heteroatoms. The Labute approximate surface area is 200 Å². The second-order valence-electron chi connectivity index (χ2n) is 7.74. The Bertz CT molecular complexity index is 1280. The van der Waals surface area contributed by atoms with Gasteiger partial charge in [-0.25, -0.2) is 13.6 Å². The predicted octanol–water partition coefficient (Wildman–Crippen LogP) is 6.03. The third kappa shape index (κ3) is 5.60. The Kier molecular flexibility index (Phi) is 7.22. The van der Waals surface area contributed by atoms with Crippen LogP contribution in [0.15, 0.2) is 78.0 Å². The Morgan fingerprint density at radius 2 is 1.74 bits per heavy atom. The highest BCUT2D eigenvalue weighted by atomic mass is 32.2. The molecule has 1 atom stereocenters. The van der Waals surface area contributed by atoms with Crippen molar-refractivity contribution < 1.29 is 13.6 Å². The third-order valence-corrected chi connectivity index (χ3v) is 6.07. The normalized spacial score (nSPS) is 11.8. The predicted molar refractivity (Wildman–Crippen MR) is 129 cm³/mol. The summed E-state index contributed by atoms with van der Waals surface area (Å²) in [6.07, 6.45) is 0. The molecule has 2 N–H and O–H groups in total. The van der Waals surface area contributed by atoms with Gasteiger partial charge in [-0.3, -0.25) is 4.57 Å². The molecule has 3 aromatic carbocycles. The van der Waals surface area contributed by atoms with Crippen molar-refractivity contribution in [2.24, 2.45) is 0 Å². The summed E-state index contributed by atoms with van der Waals surface area (Å²) in [5.41, 5.74) is 3.29. The molecule has 0 aliphatic rings. The van der Waals surface area contributed by atoms with Gasteiger partial charge in [0.25, 0.3) is 0 Å². The summed E-state index contributed by atoms with van der Waals surface area (Å²) >= 11 is 1.55. The van der Waals surface area contributed by atoms with Crippen LogP contribution in [0.3, 0.4) is 0 Å². The van der Waals surface area contributed by atoms with E-state index in [0.717, 1.165) is 28.9 Å². The SMILES string of the molecule is Cc1ccc(-n2c(SCc3ccccc3)nnc2C(C)NC(=O)Nc2ccc(F)c(F)c2)cc1. The molecule has 1 aromatic heterocycles. The van der Waals surface area contributed by atoms with Crippen molar-refractivity contribution in [1.29, 1.82) is 0 Å². The lowest BCUT2D eigenvalue weighted by Crippen LogP contribution is -2.32. The summed E-state index contributed by atoms with van der Waals surface area (Å²) in [6.45, 7) is 3.79. The number of nitrogens with zero attached hydrogens (tertiary/aromatic N) is 3. The van der Waals surface area contributed by atoms with Crippen LogP contribution in [0.5, 0.6) is 0 Å². The van der Waals surface area contributed by atoms with E-state index in [2.05, 4.69) is 20.8 Å². The summed E-state index contributed by atoms with van der Waals surface area (Å²) in [7, 11) is 0. The van der Waals surface area contributed by atoms with Crippen LogP contribution in [0, 0.1) is 18.6 Å². The maximum Gasteiger partial charge on any atom is 0.319 e. The number of aromatic nitrogens is 3. The molecule has 0 aliphatic carbocycles. The minimum atomic E-state index is -1.04. The molecule has 1 unspecified atom stereocenters. The molecule has 0 aliphatic heterocycles. The van der Waals surface area contributed by atoms with Crippen LogP contribution < -0.4 is 10.6 Å². The molecule has 6 nitrogen and oxygen atoms in total. The lowest BCUT2D eigenvalue weighted by Gasteiger charge is -2.17. The van der Waals surface area contributed by atoms with Crippen molar-refractivity contribution in [3.63, 3.8) is 0 Å². The van der Waals surface area contributed by atoms with E-state index in [1.165, 1.54) is 6.07 Å². The molecule has 0 saturated heterocycles. The Balaban J connectivity index is 1.55. The lowest BCUT2D eigenvalue weighted by atomic mass is 10.2. The summed E-state index contributed by atoms with van der Waals surface area (Å²) in [6, 6.07) is 20.1. The van der Waals surface area contributed by atoms with Gasteiger partial charge in [0.2, 0.25) is 0 Å². The fraction of sp³-hybridized carbons (Fsp3) is 0.160. The second kappa shape index (κ2) is 10.5. The van der Waals surface area contributed by atoms with E-state index in [0.29, 0.717) is 16.7 Å². The maximum absolute atomic E-state index is 13.5. The largest absolute Gasteiger partial charge is 0.328 e.